The number of aliphatic hydroxyl groups is 1. The molecule has 0 amide bonds. The molecular formula is C37H40BrNO6. The minimum atomic E-state index is -1.87. The largest absolute Gasteiger partial charge is 1.00 e. The Morgan fingerprint density at radius 1 is 0.844 bits per heavy atom. The zero-order chi connectivity index (χ0) is 30.7. The van der Waals surface area contributed by atoms with Crippen LogP contribution in [0, 0.1) is 0 Å². The molecule has 7 nitrogen and oxygen atoms in total. The van der Waals surface area contributed by atoms with Gasteiger partial charge in [0.15, 0.2) is 6.61 Å². The lowest BCUT2D eigenvalue weighted by molar-refractivity contribution is -0.961. The van der Waals surface area contributed by atoms with Crippen molar-refractivity contribution in [1.29, 1.82) is 0 Å². The number of benzene rings is 4. The number of fused-ring (bicyclic) bond motifs is 3. The van der Waals surface area contributed by atoms with E-state index in [9.17, 15) is 14.7 Å². The molecule has 0 spiro atoms. The summed E-state index contributed by atoms with van der Waals surface area (Å²) in [5.74, 6) is -0.356. The van der Waals surface area contributed by atoms with E-state index >= 15 is 0 Å². The van der Waals surface area contributed by atoms with Crippen LogP contribution < -0.4 is 21.7 Å². The molecule has 2 saturated heterocycles. The van der Waals surface area contributed by atoms with Crippen molar-refractivity contribution in [3.8, 4) is 5.75 Å². The van der Waals surface area contributed by atoms with Crippen molar-refractivity contribution in [3.63, 3.8) is 0 Å². The van der Waals surface area contributed by atoms with Gasteiger partial charge in [0.05, 0.1) is 25.7 Å². The van der Waals surface area contributed by atoms with E-state index in [0.29, 0.717) is 35.6 Å². The average molecular weight is 675 g/mol. The topological polar surface area (TPSA) is 82.1 Å². The lowest BCUT2D eigenvalue weighted by Crippen LogP contribution is -3.00. The summed E-state index contributed by atoms with van der Waals surface area (Å²) in [6, 6.07) is 31.2. The van der Waals surface area contributed by atoms with Gasteiger partial charge < -0.3 is 40.8 Å². The molecule has 2 heterocycles. The normalized spacial score (nSPS) is 22.3. The molecule has 4 aromatic rings. The zero-order valence-electron chi connectivity index (χ0n) is 25.7. The quantitative estimate of drug-likeness (QED) is 0.206. The summed E-state index contributed by atoms with van der Waals surface area (Å²) < 4.78 is 17.6. The Morgan fingerprint density at radius 2 is 1.42 bits per heavy atom. The molecular weight excluding hydrogens is 634 g/mol. The predicted molar refractivity (Wildman–Crippen MR) is 168 cm³/mol. The van der Waals surface area contributed by atoms with E-state index in [0.717, 1.165) is 47.5 Å². The van der Waals surface area contributed by atoms with E-state index in [1.807, 2.05) is 54.6 Å². The molecule has 0 saturated carbocycles. The number of ether oxygens (including phenoxy) is 3. The molecule has 4 aromatic carbocycles. The van der Waals surface area contributed by atoms with Crippen molar-refractivity contribution in [3.05, 3.63) is 114 Å². The highest BCUT2D eigenvalue weighted by Gasteiger charge is 2.53. The van der Waals surface area contributed by atoms with Gasteiger partial charge in [0.1, 0.15) is 18.4 Å². The molecule has 8 heteroatoms. The minimum absolute atomic E-state index is 0. The molecule has 2 aliphatic rings. The molecule has 1 unspecified atom stereocenters. The number of halogens is 1. The maximum atomic E-state index is 13.8. The van der Waals surface area contributed by atoms with Gasteiger partial charge in [-0.05, 0) is 47.0 Å². The van der Waals surface area contributed by atoms with Crippen molar-refractivity contribution in [2.45, 2.75) is 62.9 Å². The second kappa shape index (κ2) is 13.7. The summed E-state index contributed by atoms with van der Waals surface area (Å²) in [5.41, 5.74) is 0.399. The van der Waals surface area contributed by atoms with Crippen LogP contribution in [0.25, 0.3) is 10.8 Å². The number of hydrogen-bond acceptors (Lipinski definition) is 6. The molecule has 0 aliphatic carbocycles. The highest BCUT2D eigenvalue weighted by molar-refractivity contribution is 5.86. The van der Waals surface area contributed by atoms with Gasteiger partial charge in [-0.2, -0.15) is 0 Å². The standard InChI is InChI=1S/C37H40NO6.BrH/c1-3-42-35(39)25-43-33-19-16-27-20-26(14-15-28(27)21-33)24-38(2)31-17-18-32(38)23-34(22-31)44-36(40)37(41,29-10-6-4-7-11-29)30-12-8-5-9-13-30;/h4-16,19-21,31-32,34,41H,3,17-18,22-25H2,1-2H3;1H/q+1;/p-1/t31-,32+,34-,38?;. The second-order valence-corrected chi connectivity index (χ2v) is 12.3. The Morgan fingerprint density at radius 3 is 2.02 bits per heavy atom. The number of nitrogens with zero attached hydrogens (tertiary/aromatic N) is 1. The van der Waals surface area contributed by atoms with Crippen LogP contribution in [0.5, 0.6) is 5.75 Å². The third-order valence-electron chi connectivity index (χ3n) is 9.59. The molecule has 45 heavy (non-hydrogen) atoms. The number of piperidine rings is 1. The van der Waals surface area contributed by atoms with Crippen molar-refractivity contribution in [2.24, 2.45) is 0 Å². The molecule has 0 aromatic heterocycles. The third kappa shape index (κ3) is 6.64. The van der Waals surface area contributed by atoms with E-state index < -0.39 is 11.6 Å². The molecule has 2 bridgehead atoms. The second-order valence-electron chi connectivity index (χ2n) is 12.3. The third-order valence-corrected chi connectivity index (χ3v) is 9.59. The van der Waals surface area contributed by atoms with E-state index in [-0.39, 0.29) is 35.7 Å². The van der Waals surface area contributed by atoms with Crippen LogP contribution in [-0.4, -0.2) is 60.0 Å². The fourth-order valence-electron chi connectivity index (χ4n) is 7.25. The van der Waals surface area contributed by atoms with Crippen molar-refractivity contribution in [1.82, 2.24) is 0 Å². The van der Waals surface area contributed by atoms with Gasteiger partial charge >= 0.3 is 11.9 Å². The number of carbonyl (C=O) groups is 2. The van der Waals surface area contributed by atoms with E-state index in [4.69, 9.17) is 14.2 Å². The highest BCUT2D eigenvalue weighted by atomic mass is 79.9. The van der Waals surface area contributed by atoms with Gasteiger partial charge in [-0.15, -0.1) is 0 Å². The van der Waals surface area contributed by atoms with Crippen LogP contribution in [0.4, 0.5) is 0 Å². The molecule has 0 radical (unpaired) electrons. The van der Waals surface area contributed by atoms with Crippen LogP contribution in [0.2, 0.25) is 0 Å². The number of carbonyl (C=O) groups excluding carboxylic acids is 2. The zero-order valence-corrected chi connectivity index (χ0v) is 27.3. The Labute approximate surface area is 275 Å². The van der Waals surface area contributed by atoms with Crippen LogP contribution in [0.3, 0.4) is 0 Å². The average Bonchev–Trinajstić information content (AvgIpc) is 3.18. The molecule has 2 fully saturated rings. The Kier molecular flexibility index (Phi) is 9.97. The van der Waals surface area contributed by atoms with Gasteiger partial charge in [-0.1, -0.05) is 78.9 Å². The fraction of sp³-hybridized carbons (Fsp3) is 0.351. The summed E-state index contributed by atoms with van der Waals surface area (Å²) in [6.45, 7) is 2.89. The molecule has 4 atom stereocenters. The fourth-order valence-corrected chi connectivity index (χ4v) is 7.25. The molecule has 2 aliphatic heterocycles. The van der Waals surface area contributed by atoms with Crippen molar-refractivity contribution < 1.29 is 50.4 Å². The first kappa shape index (κ1) is 32.7. The smallest absolute Gasteiger partial charge is 0.347 e. The number of hydrogen-bond donors (Lipinski definition) is 1. The first-order valence-electron chi connectivity index (χ1n) is 15.5. The number of rotatable bonds is 10. The van der Waals surface area contributed by atoms with Crippen LogP contribution in [-0.2, 0) is 31.2 Å². The van der Waals surface area contributed by atoms with Gasteiger partial charge in [-0.3, -0.25) is 0 Å². The van der Waals surface area contributed by atoms with Crippen LogP contribution >= 0.6 is 0 Å². The monoisotopic (exact) mass is 673 g/mol. The maximum Gasteiger partial charge on any atom is 0.347 e. The molecule has 6 rings (SSSR count). The predicted octanol–water partition coefficient (Wildman–Crippen LogP) is 2.91. The SMILES string of the molecule is CCOC(=O)COc1ccc2cc(C[N+]3(C)[C@@H]4CC[C@H]3C[C@H](OC(=O)C(O)(c3ccccc3)c3ccccc3)C4)ccc2c1.[Br-]. The first-order valence-corrected chi connectivity index (χ1v) is 15.5. The Hall–Kier alpha value is -3.72. The van der Waals surface area contributed by atoms with E-state index in [2.05, 4.69) is 25.2 Å². The van der Waals surface area contributed by atoms with Gasteiger partial charge in [0, 0.05) is 31.2 Å². The van der Waals surface area contributed by atoms with Gasteiger partial charge in [-0.25, -0.2) is 9.59 Å². The lowest BCUT2D eigenvalue weighted by Gasteiger charge is -2.47. The van der Waals surface area contributed by atoms with Crippen LogP contribution in [0.15, 0.2) is 97.1 Å². The van der Waals surface area contributed by atoms with Crippen molar-refractivity contribution >= 4 is 22.7 Å². The number of quaternary nitrogens is 1. The maximum absolute atomic E-state index is 13.8. The van der Waals surface area contributed by atoms with Gasteiger partial charge in [0.25, 0.3) is 0 Å². The summed E-state index contributed by atoms with van der Waals surface area (Å²) >= 11 is 0. The first-order chi connectivity index (χ1) is 21.3. The summed E-state index contributed by atoms with van der Waals surface area (Å²) in [6.07, 6.45) is 3.48. The minimum Gasteiger partial charge on any atom is -1.00 e. The number of esters is 2. The van der Waals surface area contributed by atoms with E-state index in [1.165, 1.54) is 5.56 Å². The Balaban J connectivity index is 0.00000400. The molecule has 1 N–H and O–H groups in total. The van der Waals surface area contributed by atoms with Crippen LogP contribution in [0.1, 0.15) is 49.3 Å². The molecule has 236 valence electrons. The Bertz CT molecular complexity index is 1570. The summed E-state index contributed by atoms with van der Waals surface area (Å²) in [7, 11) is 2.33. The van der Waals surface area contributed by atoms with Gasteiger partial charge in [0.2, 0.25) is 5.60 Å². The van der Waals surface area contributed by atoms with E-state index in [1.54, 1.807) is 31.2 Å². The van der Waals surface area contributed by atoms with Crippen molar-refractivity contribution in [2.75, 3.05) is 20.3 Å². The highest BCUT2D eigenvalue weighted by Crippen LogP contribution is 2.44. The summed E-state index contributed by atoms with van der Waals surface area (Å²) in [5, 5.41) is 14.0. The lowest BCUT2D eigenvalue weighted by atomic mass is 9.86. The summed E-state index contributed by atoms with van der Waals surface area (Å²) in [4.78, 5) is 25.4.